The molecule has 1 aliphatic rings. The Morgan fingerprint density at radius 2 is 1.61 bits per heavy atom. The monoisotopic (exact) mass is 602 g/mol. The van der Waals surface area contributed by atoms with Crippen LogP contribution >= 0.6 is 7.37 Å². The molecule has 0 aromatic heterocycles. The Hall–Kier alpha value is -2.60. The van der Waals surface area contributed by atoms with Crippen LogP contribution in [0.15, 0.2) is 42.5 Å². The third kappa shape index (κ3) is 8.70. The van der Waals surface area contributed by atoms with Crippen LogP contribution in [0.3, 0.4) is 0 Å². The number of carbonyl (C=O) groups is 1. The summed E-state index contributed by atoms with van der Waals surface area (Å²) in [4.78, 5) is 12.0. The van der Waals surface area contributed by atoms with Gasteiger partial charge in [0.1, 0.15) is 41.4 Å². The lowest BCUT2D eigenvalue weighted by Crippen LogP contribution is -2.59. The van der Waals surface area contributed by atoms with Gasteiger partial charge in [-0.1, -0.05) is 26.8 Å². The summed E-state index contributed by atoms with van der Waals surface area (Å²) in [5.74, 6) is -2.10. The first-order valence-electron chi connectivity index (χ1n) is 13.3. The molecule has 1 aliphatic heterocycles. The summed E-state index contributed by atoms with van der Waals surface area (Å²) in [6.07, 6.45) is -10.1. The van der Waals surface area contributed by atoms with E-state index in [9.17, 15) is 33.5 Å². The zero-order chi connectivity index (χ0) is 30.3. The lowest BCUT2D eigenvalue weighted by atomic mass is 9.97. The molecule has 41 heavy (non-hydrogen) atoms. The van der Waals surface area contributed by atoms with Gasteiger partial charge in [0, 0.05) is 24.1 Å². The smallest absolute Gasteiger partial charge is 0.307 e. The van der Waals surface area contributed by atoms with Crippen LogP contribution in [-0.2, 0) is 29.5 Å². The van der Waals surface area contributed by atoms with E-state index in [1.165, 1.54) is 13.2 Å². The Morgan fingerprint density at radius 3 is 2.17 bits per heavy atom. The number of methoxy groups -OCH3 is 1. The first-order chi connectivity index (χ1) is 19.4. The Kier molecular flexibility index (Phi) is 11.7. The first kappa shape index (κ1) is 32.9. The molecule has 0 amide bonds. The van der Waals surface area contributed by atoms with Crippen molar-refractivity contribution in [2.75, 3.05) is 13.3 Å². The molecule has 10 nitrogen and oxygen atoms in total. The number of rotatable bonds is 13. The highest BCUT2D eigenvalue weighted by Crippen LogP contribution is 2.54. The average molecular weight is 603 g/mol. The van der Waals surface area contributed by atoms with Gasteiger partial charge >= 0.3 is 5.97 Å². The number of carbonyl (C=O) groups excluding carboxylic acids is 1. The van der Waals surface area contributed by atoms with Gasteiger partial charge in [-0.05, 0) is 42.8 Å². The maximum absolute atomic E-state index is 14.5. The lowest BCUT2D eigenvalue weighted by molar-refractivity contribution is -0.272. The number of aliphatic hydroxyl groups excluding tert-OH is 3. The fourth-order valence-corrected chi connectivity index (χ4v) is 6.57. The summed E-state index contributed by atoms with van der Waals surface area (Å²) >= 11 is 0. The molecule has 2 unspecified atom stereocenters. The predicted octanol–water partition coefficient (Wildman–Crippen LogP) is 3.98. The van der Waals surface area contributed by atoms with Crippen LogP contribution in [-0.4, -0.2) is 71.6 Å². The maximum atomic E-state index is 14.5. The molecule has 3 rings (SSSR count). The molecule has 13 heteroatoms. The minimum atomic E-state index is -4.04. The molecule has 0 aliphatic carbocycles. The number of hydrogen-bond acceptors (Lipinski definition) is 10. The minimum Gasteiger partial charge on any atom is -0.497 e. The van der Waals surface area contributed by atoms with Crippen molar-refractivity contribution in [3.05, 3.63) is 59.7 Å². The zero-order valence-corrected chi connectivity index (χ0v) is 24.2. The summed E-state index contributed by atoms with van der Waals surface area (Å²) in [6.45, 7) is 4.89. The number of hydrogen-bond donors (Lipinski definition) is 3. The molecule has 1 saturated heterocycles. The lowest BCUT2D eigenvalue weighted by Gasteiger charge is -2.40. The van der Waals surface area contributed by atoms with Gasteiger partial charge in [0.05, 0.1) is 19.4 Å². The molecule has 228 valence electrons. The normalized spacial score (nSPS) is 24.9. The van der Waals surface area contributed by atoms with E-state index >= 15 is 0 Å². The summed E-state index contributed by atoms with van der Waals surface area (Å²) in [5, 5.41) is 31.6. The molecular formula is C28H37F2O10P. The number of benzene rings is 2. The summed E-state index contributed by atoms with van der Waals surface area (Å²) < 4.78 is 70.9. The Bertz CT molecular complexity index is 1170. The molecular weight excluding hydrogens is 565 g/mol. The van der Waals surface area contributed by atoms with Gasteiger partial charge in [0.15, 0.2) is 0 Å². The van der Waals surface area contributed by atoms with E-state index < -0.39 is 79.6 Å². The zero-order valence-electron chi connectivity index (χ0n) is 23.3. The second-order valence-corrected chi connectivity index (χ2v) is 12.7. The summed E-state index contributed by atoms with van der Waals surface area (Å²) in [5.41, 5.74) is -0.471. The minimum absolute atomic E-state index is 0.0245. The van der Waals surface area contributed by atoms with E-state index in [1.54, 1.807) is 45.0 Å². The second kappa shape index (κ2) is 14.5. The van der Waals surface area contributed by atoms with E-state index in [2.05, 4.69) is 0 Å². The van der Waals surface area contributed by atoms with E-state index in [-0.39, 0.29) is 24.8 Å². The molecule has 2 aromatic carbocycles. The van der Waals surface area contributed by atoms with Crippen molar-refractivity contribution < 1.29 is 56.9 Å². The quantitative estimate of drug-likeness (QED) is 0.175. The molecule has 7 atom stereocenters. The number of halogens is 2. The fraction of sp³-hybridized carbons (Fsp3) is 0.536. The highest BCUT2D eigenvalue weighted by molar-refractivity contribution is 7.58. The van der Waals surface area contributed by atoms with E-state index in [4.69, 9.17) is 23.5 Å². The van der Waals surface area contributed by atoms with Crippen LogP contribution in [0.25, 0.3) is 0 Å². The summed E-state index contributed by atoms with van der Waals surface area (Å²) in [6, 6.07) is 9.53. The number of esters is 1. The van der Waals surface area contributed by atoms with Crippen molar-refractivity contribution in [2.24, 2.45) is 5.92 Å². The largest absolute Gasteiger partial charge is 0.497 e. The third-order valence-corrected chi connectivity index (χ3v) is 8.90. The van der Waals surface area contributed by atoms with Gasteiger partial charge in [-0.15, -0.1) is 0 Å². The predicted molar refractivity (Wildman–Crippen MR) is 144 cm³/mol. The van der Waals surface area contributed by atoms with Crippen molar-refractivity contribution in [3.8, 4) is 11.5 Å². The molecule has 0 bridgehead atoms. The summed E-state index contributed by atoms with van der Waals surface area (Å²) in [7, 11) is -2.55. The van der Waals surface area contributed by atoms with E-state index in [0.29, 0.717) is 5.75 Å². The molecule has 0 saturated carbocycles. The average Bonchev–Trinajstić information content (AvgIpc) is 2.94. The molecule has 1 fully saturated rings. The van der Waals surface area contributed by atoms with Crippen molar-refractivity contribution in [2.45, 2.75) is 76.8 Å². The highest BCUT2D eigenvalue weighted by atomic mass is 31.2. The number of ether oxygens (including phenoxy) is 4. The Morgan fingerprint density at radius 1 is 1.00 bits per heavy atom. The van der Waals surface area contributed by atoms with Crippen LogP contribution in [0.1, 0.15) is 39.2 Å². The third-order valence-electron chi connectivity index (χ3n) is 6.57. The molecule has 1 heterocycles. The van der Waals surface area contributed by atoms with Gasteiger partial charge in [-0.3, -0.25) is 13.9 Å². The topological polar surface area (TPSA) is 141 Å². The van der Waals surface area contributed by atoms with Crippen molar-refractivity contribution in [1.29, 1.82) is 0 Å². The van der Waals surface area contributed by atoms with Crippen molar-refractivity contribution >= 4 is 13.3 Å². The van der Waals surface area contributed by atoms with Crippen molar-refractivity contribution in [3.63, 3.8) is 0 Å². The standard InChI is InChI=1S/C28H37F2O10P/c1-5-23(31)39-27(16(2)3)40-41(35,15-19-20(29)7-6-8-21(19)30)14-13-22-24(32)25(33)26(34)28(38-22)37-18-11-9-17(36-4)10-12-18/h6-12,16,22,24-28,32-34H,5,13-15H2,1-4H3/t22-,24-,25+,26+,27?,28+,41?/m1/s1. The van der Waals surface area contributed by atoms with Crippen LogP contribution in [0.5, 0.6) is 11.5 Å². The Balaban J connectivity index is 1.83. The SMILES string of the molecule is CCC(=O)OC(OP(=O)(CC[C@H]1O[C@H](Oc2ccc(OC)cc2)[C@@H](O)[C@@H](O)[C@@H]1O)Cc1c(F)cccc1F)C(C)C. The van der Waals surface area contributed by atoms with Crippen LogP contribution in [0, 0.1) is 17.6 Å². The van der Waals surface area contributed by atoms with Gasteiger partial charge < -0.3 is 34.3 Å². The maximum Gasteiger partial charge on any atom is 0.307 e. The highest BCUT2D eigenvalue weighted by Gasteiger charge is 2.46. The van der Waals surface area contributed by atoms with Gasteiger partial charge in [0.25, 0.3) is 0 Å². The fourth-order valence-electron chi connectivity index (χ4n) is 4.14. The van der Waals surface area contributed by atoms with Gasteiger partial charge in [-0.25, -0.2) is 8.78 Å². The molecule has 2 aromatic rings. The molecule has 0 spiro atoms. The van der Waals surface area contributed by atoms with E-state index in [0.717, 1.165) is 12.1 Å². The Labute approximate surface area is 237 Å². The molecule has 0 radical (unpaired) electrons. The second-order valence-electron chi connectivity index (χ2n) is 10.1. The molecule has 3 N–H and O–H groups in total. The van der Waals surface area contributed by atoms with Crippen molar-refractivity contribution in [1.82, 2.24) is 0 Å². The van der Waals surface area contributed by atoms with Crippen LogP contribution in [0.4, 0.5) is 8.78 Å². The number of aliphatic hydroxyl groups is 3. The van der Waals surface area contributed by atoms with Gasteiger partial charge in [-0.2, -0.15) is 0 Å². The van der Waals surface area contributed by atoms with Crippen LogP contribution in [0.2, 0.25) is 0 Å². The first-order valence-corrected chi connectivity index (χ1v) is 15.3. The van der Waals surface area contributed by atoms with E-state index in [1.807, 2.05) is 0 Å². The van der Waals surface area contributed by atoms with Gasteiger partial charge in [0.2, 0.25) is 19.9 Å². The van der Waals surface area contributed by atoms with Crippen LogP contribution < -0.4 is 9.47 Å².